The molecule has 1 unspecified atom stereocenters. The van der Waals surface area contributed by atoms with Gasteiger partial charge in [-0.25, -0.2) is 0 Å². The van der Waals surface area contributed by atoms with Crippen LogP contribution < -0.4 is 11.1 Å². The van der Waals surface area contributed by atoms with Crippen molar-refractivity contribution in [1.82, 2.24) is 5.32 Å². The lowest BCUT2D eigenvalue weighted by Crippen LogP contribution is -2.41. The zero-order valence-corrected chi connectivity index (χ0v) is 13.4. The Morgan fingerprint density at radius 3 is 2.45 bits per heavy atom. The van der Waals surface area contributed by atoms with Crippen molar-refractivity contribution in [3.8, 4) is 0 Å². The first-order valence-electron chi connectivity index (χ1n) is 6.88. The molecule has 0 spiro atoms. The molecule has 0 aromatic heterocycles. The summed E-state index contributed by atoms with van der Waals surface area (Å²) in [6.07, 6.45) is -3.74. The van der Waals surface area contributed by atoms with Crippen LogP contribution in [0.1, 0.15) is 31.4 Å². The van der Waals surface area contributed by atoms with Gasteiger partial charge in [-0.05, 0) is 24.0 Å². The van der Waals surface area contributed by atoms with E-state index in [1.165, 1.54) is 12.1 Å². The number of halogens is 4. The molecule has 3 N–H and O–H groups in total. The average Bonchev–Trinajstić information content (AvgIpc) is 2.36. The van der Waals surface area contributed by atoms with Gasteiger partial charge in [0.25, 0.3) is 0 Å². The first-order valence-corrected chi connectivity index (χ1v) is 6.88. The third-order valence-corrected chi connectivity index (χ3v) is 3.02. The Labute approximate surface area is 134 Å². The highest BCUT2D eigenvalue weighted by atomic mass is 35.5. The lowest BCUT2D eigenvalue weighted by molar-refractivity contribution is -0.137. The second kappa shape index (κ2) is 9.00. The monoisotopic (exact) mass is 338 g/mol. The van der Waals surface area contributed by atoms with Crippen LogP contribution in [0.2, 0.25) is 0 Å². The highest BCUT2D eigenvalue weighted by molar-refractivity contribution is 5.85. The van der Waals surface area contributed by atoms with Gasteiger partial charge in [-0.1, -0.05) is 32.0 Å². The van der Waals surface area contributed by atoms with Gasteiger partial charge in [0.15, 0.2) is 0 Å². The van der Waals surface area contributed by atoms with Crippen molar-refractivity contribution in [2.45, 2.75) is 38.9 Å². The van der Waals surface area contributed by atoms with Crippen LogP contribution in [0, 0.1) is 5.92 Å². The number of amides is 1. The van der Waals surface area contributed by atoms with Crippen LogP contribution in [-0.2, 0) is 17.4 Å². The van der Waals surface area contributed by atoms with Crippen LogP contribution in [0.4, 0.5) is 13.2 Å². The molecule has 0 bridgehead atoms. The Balaban J connectivity index is 0.00000441. The number of benzene rings is 1. The molecule has 0 aliphatic carbocycles. The van der Waals surface area contributed by atoms with Crippen LogP contribution in [0.3, 0.4) is 0 Å². The summed E-state index contributed by atoms with van der Waals surface area (Å²) in [5.41, 5.74) is 5.17. The summed E-state index contributed by atoms with van der Waals surface area (Å²) < 4.78 is 37.8. The second-order valence-corrected chi connectivity index (χ2v) is 5.50. The molecule has 0 saturated heterocycles. The summed E-state index contributed by atoms with van der Waals surface area (Å²) in [6.45, 7) is 4.34. The topological polar surface area (TPSA) is 55.1 Å². The number of rotatable bonds is 6. The van der Waals surface area contributed by atoms with E-state index >= 15 is 0 Å². The average molecular weight is 339 g/mol. The van der Waals surface area contributed by atoms with Crippen LogP contribution in [0.5, 0.6) is 0 Å². The second-order valence-electron chi connectivity index (χ2n) is 5.50. The summed E-state index contributed by atoms with van der Waals surface area (Å²) in [6, 6.07) is 4.65. The lowest BCUT2D eigenvalue weighted by atomic mass is 10.0. The highest BCUT2D eigenvalue weighted by Gasteiger charge is 2.30. The number of hydrogen-bond acceptors (Lipinski definition) is 2. The number of nitrogens with two attached hydrogens (primary N) is 1. The van der Waals surface area contributed by atoms with E-state index in [2.05, 4.69) is 5.32 Å². The van der Waals surface area contributed by atoms with Gasteiger partial charge < -0.3 is 11.1 Å². The van der Waals surface area contributed by atoms with E-state index in [-0.39, 0.29) is 30.8 Å². The molecular formula is C15H22ClF3N2O. The van der Waals surface area contributed by atoms with Gasteiger partial charge in [-0.2, -0.15) is 13.2 Å². The third kappa shape index (κ3) is 7.13. The van der Waals surface area contributed by atoms with Gasteiger partial charge in [0.1, 0.15) is 0 Å². The predicted octanol–water partition coefficient (Wildman–Crippen LogP) is 3.16. The summed E-state index contributed by atoms with van der Waals surface area (Å²) in [5.74, 6) is 0.0674. The number of alkyl halides is 3. The van der Waals surface area contributed by atoms with Gasteiger partial charge in [-0.15, -0.1) is 12.4 Å². The molecule has 1 amide bonds. The molecule has 22 heavy (non-hydrogen) atoms. The van der Waals surface area contributed by atoms with E-state index in [0.29, 0.717) is 18.0 Å². The van der Waals surface area contributed by atoms with Gasteiger partial charge >= 0.3 is 6.18 Å². The van der Waals surface area contributed by atoms with Crippen molar-refractivity contribution in [3.63, 3.8) is 0 Å². The first kappa shape index (κ1) is 20.7. The largest absolute Gasteiger partial charge is 0.416 e. The molecule has 0 heterocycles. The molecule has 1 rings (SSSR count). The van der Waals surface area contributed by atoms with Crippen LogP contribution in [0.25, 0.3) is 0 Å². The van der Waals surface area contributed by atoms with Crippen molar-refractivity contribution >= 4 is 18.3 Å². The zero-order chi connectivity index (χ0) is 16.0. The maximum absolute atomic E-state index is 12.6. The Hall–Kier alpha value is -1.27. The van der Waals surface area contributed by atoms with Crippen molar-refractivity contribution in [1.29, 1.82) is 0 Å². The summed E-state index contributed by atoms with van der Waals surface area (Å²) in [5, 5.41) is 2.76. The molecule has 0 radical (unpaired) electrons. The van der Waals surface area contributed by atoms with E-state index in [9.17, 15) is 18.0 Å². The van der Waals surface area contributed by atoms with Crippen molar-refractivity contribution < 1.29 is 18.0 Å². The van der Waals surface area contributed by atoms with Crippen LogP contribution in [0.15, 0.2) is 24.3 Å². The fourth-order valence-corrected chi connectivity index (χ4v) is 2.10. The van der Waals surface area contributed by atoms with E-state index in [0.717, 1.165) is 18.6 Å². The number of nitrogens with one attached hydrogen (secondary N) is 1. The fraction of sp³-hybridized carbons (Fsp3) is 0.533. The summed E-state index contributed by atoms with van der Waals surface area (Å²) >= 11 is 0. The van der Waals surface area contributed by atoms with Crippen molar-refractivity contribution in [2.24, 2.45) is 11.7 Å². The first-order chi connectivity index (χ1) is 9.72. The Bertz CT molecular complexity index is 478. The number of carbonyl (C=O) groups excluding carboxylic acids is 1. The molecule has 0 fully saturated rings. The Morgan fingerprint density at radius 2 is 1.95 bits per heavy atom. The maximum Gasteiger partial charge on any atom is 0.416 e. The molecule has 0 aliphatic heterocycles. The minimum atomic E-state index is -4.40. The van der Waals surface area contributed by atoms with Crippen molar-refractivity contribution in [2.75, 3.05) is 6.54 Å². The molecule has 126 valence electrons. The maximum atomic E-state index is 12.6. The summed E-state index contributed by atoms with van der Waals surface area (Å²) in [7, 11) is 0. The van der Waals surface area contributed by atoms with Crippen molar-refractivity contribution in [3.05, 3.63) is 35.4 Å². The minimum absolute atomic E-state index is 0. The Kier molecular flexibility index (Phi) is 8.48. The lowest BCUT2D eigenvalue weighted by Gasteiger charge is -2.19. The molecule has 1 atom stereocenters. The van der Waals surface area contributed by atoms with Gasteiger partial charge in [0, 0.05) is 12.6 Å². The van der Waals surface area contributed by atoms with E-state index in [1.807, 2.05) is 13.8 Å². The standard InChI is InChI=1S/C15H21F3N2O.ClH/c1-10(2)6-13(9-19)20-14(21)8-11-4-3-5-12(7-11)15(16,17)18;/h3-5,7,10,13H,6,8-9,19H2,1-2H3,(H,20,21);1H. The van der Waals surface area contributed by atoms with Gasteiger partial charge in [0.05, 0.1) is 12.0 Å². The van der Waals surface area contributed by atoms with E-state index in [4.69, 9.17) is 5.73 Å². The third-order valence-electron chi connectivity index (χ3n) is 3.02. The van der Waals surface area contributed by atoms with E-state index < -0.39 is 11.7 Å². The molecule has 3 nitrogen and oxygen atoms in total. The molecule has 0 saturated carbocycles. The van der Waals surface area contributed by atoms with Gasteiger partial charge in [-0.3, -0.25) is 4.79 Å². The van der Waals surface area contributed by atoms with Crippen LogP contribution in [-0.4, -0.2) is 18.5 Å². The highest BCUT2D eigenvalue weighted by Crippen LogP contribution is 2.29. The summed E-state index contributed by atoms with van der Waals surface area (Å²) in [4.78, 5) is 11.9. The van der Waals surface area contributed by atoms with Crippen LogP contribution >= 0.6 is 12.4 Å². The predicted molar refractivity (Wildman–Crippen MR) is 82.8 cm³/mol. The normalized spacial score (nSPS) is 12.7. The minimum Gasteiger partial charge on any atom is -0.352 e. The fourth-order valence-electron chi connectivity index (χ4n) is 2.10. The smallest absolute Gasteiger partial charge is 0.352 e. The van der Waals surface area contributed by atoms with Gasteiger partial charge in [0.2, 0.25) is 5.91 Å². The van der Waals surface area contributed by atoms with E-state index in [1.54, 1.807) is 0 Å². The number of hydrogen-bond donors (Lipinski definition) is 2. The Morgan fingerprint density at radius 1 is 1.32 bits per heavy atom. The quantitative estimate of drug-likeness (QED) is 0.837. The zero-order valence-electron chi connectivity index (χ0n) is 12.6. The molecule has 7 heteroatoms. The molecular weight excluding hydrogens is 317 g/mol. The molecule has 1 aromatic carbocycles. The SMILES string of the molecule is CC(C)CC(CN)NC(=O)Cc1cccc(C(F)(F)F)c1.Cl. The number of carbonyl (C=O) groups is 1. The molecule has 0 aliphatic rings. The molecule has 1 aromatic rings.